The van der Waals surface area contributed by atoms with Gasteiger partial charge in [0.15, 0.2) is 6.29 Å². The first-order chi connectivity index (χ1) is 18.4. The molecule has 1 N–H and O–H groups in total. The van der Waals surface area contributed by atoms with Crippen molar-refractivity contribution in [2.45, 2.75) is 44.2 Å². The van der Waals surface area contributed by atoms with Crippen molar-refractivity contribution in [1.29, 1.82) is 0 Å². The van der Waals surface area contributed by atoms with Crippen LogP contribution in [0.2, 0.25) is 0 Å². The second kappa shape index (κ2) is 12.0. The van der Waals surface area contributed by atoms with E-state index in [0.717, 1.165) is 29.1 Å². The lowest BCUT2D eigenvalue weighted by Crippen LogP contribution is -2.46. The summed E-state index contributed by atoms with van der Waals surface area (Å²) >= 11 is 0. The first kappa shape index (κ1) is 29.0. The minimum absolute atomic E-state index is 0.117. The Morgan fingerprint density at radius 3 is 2.23 bits per heavy atom. The molecule has 39 heavy (non-hydrogen) atoms. The van der Waals surface area contributed by atoms with Crippen LogP contribution < -0.4 is 0 Å². The zero-order valence-corrected chi connectivity index (χ0v) is 21.4. The van der Waals surface area contributed by atoms with Gasteiger partial charge in [0.05, 0.1) is 30.4 Å². The molecular formula is C26H29F6N5O2. The topological polar surface area (TPSA) is 66.5 Å². The number of ether oxygens (including phenoxy) is 2. The fourth-order valence-electron chi connectivity index (χ4n) is 4.50. The summed E-state index contributed by atoms with van der Waals surface area (Å²) in [5.41, 5.74) is -0.392. The van der Waals surface area contributed by atoms with Gasteiger partial charge < -0.3 is 14.4 Å². The number of nitrogens with one attached hydrogen (secondary N) is 1. The first-order valence-electron chi connectivity index (χ1n) is 12.3. The molecule has 7 nitrogen and oxygen atoms in total. The highest BCUT2D eigenvalue weighted by Gasteiger charge is 2.38. The van der Waals surface area contributed by atoms with Crippen molar-refractivity contribution < 1.29 is 35.8 Å². The van der Waals surface area contributed by atoms with Crippen LogP contribution in [0.4, 0.5) is 26.3 Å². The van der Waals surface area contributed by atoms with Crippen LogP contribution in [0.5, 0.6) is 0 Å². The van der Waals surface area contributed by atoms with Gasteiger partial charge in [-0.05, 0) is 49.8 Å². The number of morpholine rings is 1. The Morgan fingerprint density at radius 2 is 1.62 bits per heavy atom. The van der Waals surface area contributed by atoms with Gasteiger partial charge in [-0.25, -0.2) is 0 Å². The van der Waals surface area contributed by atoms with Gasteiger partial charge in [0.2, 0.25) is 0 Å². The highest BCUT2D eigenvalue weighted by molar-refractivity contribution is 5.33. The van der Waals surface area contributed by atoms with E-state index in [9.17, 15) is 26.3 Å². The number of nitrogens with zero attached hydrogens (tertiary/aromatic N) is 4. The lowest BCUT2D eigenvalue weighted by Gasteiger charge is -2.41. The van der Waals surface area contributed by atoms with Gasteiger partial charge in [-0.2, -0.15) is 41.8 Å². The van der Waals surface area contributed by atoms with Crippen molar-refractivity contribution >= 4 is 0 Å². The quantitative estimate of drug-likeness (QED) is 0.371. The lowest BCUT2D eigenvalue weighted by molar-refractivity contribution is -0.212. The van der Waals surface area contributed by atoms with E-state index in [4.69, 9.17) is 9.47 Å². The summed E-state index contributed by atoms with van der Waals surface area (Å²) in [5.74, 6) is 0. The molecule has 2 atom stereocenters. The molecule has 1 aliphatic heterocycles. The third-order valence-corrected chi connectivity index (χ3v) is 6.30. The van der Waals surface area contributed by atoms with E-state index in [2.05, 4.69) is 20.3 Å². The van der Waals surface area contributed by atoms with Crippen LogP contribution in [0.25, 0.3) is 0 Å². The Morgan fingerprint density at radius 1 is 0.974 bits per heavy atom. The Hall–Kier alpha value is -3.00. The van der Waals surface area contributed by atoms with Gasteiger partial charge in [-0.1, -0.05) is 30.3 Å². The number of hydrogen-bond donors (Lipinski definition) is 1. The number of aromatic nitrogens is 3. The molecule has 0 aliphatic carbocycles. The normalized spacial score (nSPS) is 19.1. The van der Waals surface area contributed by atoms with Crippen LogP contribution in [0.3, 0.4) is 0 Å². The van der Waals surface area contributed by atoms with E-state index in [1.54, 1.807) is 0 Å². The molecule has 1 saturated heterocycles. The highest BCUT2D eigenvalue weighted by Crippen LogP contribution is 2.37. The molecule has 2 aromatic carbocycles. The zero-order chi connectivity index (χ0) is 28.2. The predicted molar refractivity (Wildman–Crippen MR) is 129 cm³/mol. The third kappa shape index (κ3) is 7.56. The minimum Gasteiger partial charge on any atom is -0.350 e. The SMILES string of the molecule is CN(C)Cc1n[nH]nc1CN1CCOC(OCCc2cc(C(F)(F)F)cc(C(F)(F)F)c2)C1c1ccccc1. The largest absolute Gasteiger partial charge is 0.416 e. The molecule has 0 saturated carbocycles. The molecule has 13 heteroatoms. The van der Waals surface area contributed by atoms with Crippen molar-refractivity contribution in [3.8, 4) is 0 Å². The van der Waals surface area contributed by atoms with E-state index < -0.39 is 35.8 Å². The smallest absolute Gasteiger partial charge is 0.350 e. The van der Waals surface area contributed by atoms with Crippen molar-refractivity contribution in [2.75, 3.05) is 33.9 Å². The van der Waals surface area contributed by atoms with Gasteiger partial charge in [-0.15, -0.1) is 0 Å². The number of alkyl halides is 6. The van der Waals surface area contributed by atoms with Crippen molar-refractivity contribution in [2.24, 2.45) is 0 Å². The summed E-state index contributed by atoms with van der Waals surface area (Å²) in [7, 11) is 3.85. The maximum Gasteiger partial charge on any atom is 0.416 e. The Bertz CT molecular complexity index is 1180. The highest BCUT2D eigenvalue weighted by atomic mass is 19.4. The number of H-pyrrole nitrogens is 1. The molecular weight excluding hydrogens is 528 g/mol. The summed E-state index contributed by atoms with van der Waals surface area (Å²) in [6.45, 7) is 1.75. The molecule has 212 valence electrons. The molecule has 0 bridgehead atoms. The van der Waals surface area contributed by atoms with E-state index in [1.165, 1.54) is 0 Å². The average Bonchev–Trinajstić information content (AvgIpc) is 3.29. The number of aromatic amines is 1. The standard InChI is InChI=1S/C26H29F6N5O2/c1-36(2)15-21-22(34-35-33-21)16-37-9-11-39-24(23(37)18-6-4-3-5-7-18)38-10-8-17-12-19(25(27,28)29)14-20(13-17)26(30,31)32/h3-7,12-14,23-24H,8-11,15-16H2,1-2H3,(H,33,34,35). The maximum atomic E-state index is 13.2. The second-order valence-electron chi connectivity index (χ2n) is 9.55. The van der Waals surface area contributed by atoms with Crippen LogP contribution in [0.1, 0.15) is 39.7 Å². The summed E-state index contributed by atoms with van der Waals surface area (Å²) in [4.78, 5) is 4.09. The van der Waals surface area contributed by atoms with Crippen LogP contribution in [0, 0.1) is 0 Å². The molecule has 0 spiro atoms. The molecule has 2 heterocycles. The number of rotatable bonds is 9. The van der Waals surface area contributed by atoms with Gasteiger partial charge in [-0.3, -0.25) is 4.90 Å². The van der Waals surface area contributed by atoms with Crippen LogP contribution in [-0.2, 0) is 41.3 Å². The second-order valence-corrected chi connectivity index (χ2v) is 9.55. The zero-order valence-electron chi connectivity index (χ0n) is 21.4. The van der Waals surface area contributed by atoms with Crippen LogP contribution >= 0.6 is 0 Å². The number of hydrogen-bond acceptors (Lipinski definition) is 6. The summed E-state index contributed by atoms with van der Waals surface area (Å²) < 4.78 is 91.4. The van der Waals surface area contributed by atoms with Gasteiger partial charge in [0.1, 0.15) is 11.4 Å². The summed E-state index contributed by atoms with van der Waals surface area (Å²) in [6, 6.07) is 10.6. The van der Waals surface area contributed by atoms with E-state index >= 15 is 0 Å². The Balaban J connectivity index is 1.52. The van der Waals surface area contributed by atoms with Crippen molar-refractivity contribution in [3.05, 3.63) is 82.2 Å². The van der Waals surface area contributed by atoms with Gasteiger partial charge in [0.25, 0.3) is 0 Å². The average molecular weight is 558 g/mol. The fraction of sp³-hybridized carbons (Fsp3) is 0.462. The third-order valence-electron chi connectivity index (χ3n) is 6.30. The van der Waals surface area contributed by atoms with Crippen molar-refractivity contribution in [3.63, 3.8) is 0 Å². The molecule has 1 fully saturated rings. The number of halogens is 6. The van der Waals surface area contributed by atoms with Gasteiger partial charge >= 0.3 is 12.4 Å². The molecule has 0 radical (unpaired) electrons. The Labute approximate surface area is 221 Å². The molecule has 4 rings (SSSR count). The fourth-order valence-corrected chi connectivity index (χ4v) is 4.50. The van der Waals surface area contributed by atoms with Crippen LogP contribution in [-0.4, -0.2) is 65.4 Å². The summed E-state index contributed by atoms with van der Waals surface area (Å²) in [6.07, 6.45) is -10.8. The van der Waals surface area contributed by atoms with Crippen LogP contribution in [0.15, 0.2) is 48.5 Å². The minimum atomic E-state index is -4.91. The van der Waals surface area contributed by atoms with Crippen molar-refractivity contribution in [1.82, 2.24) is 25.2 Å². The van der Waals surface area contributed by atoms with E-state index in [1.807, 2.05) is 49.3 Å². The maximum absolute atomic E-state index is 13.2. The lowest BCUT2D eigenvalue weighted by atomic mass is 10.0. The molecule has 2 unspecified atom stereocenters. The van der Waals surface area contributed by atoms with E-state index in [0.29, 0.717) is 26.2 Å². The van der Waals surface area contributed by atoms with E-state index in [-0.39, 0.29) is 24.7 Å². The monoisotopic (exact) mass is 557 g/mol. The Kier molecular flexibility index (Phi) is 8.94. The number of benzene rings is 2. The molecule has 3 aromatic rings. The predicted octanol–water partition coefficient (Wildman–Crippen LogP) is 5.06. The summed E-state index contributed by atoms with van der Waals surface area (Å²) in [5, 5.41) is 11.2. The first-order valence-corrected chi connectivity index (χ1v) is 12.3. The molecule has 1 aliphatic rings. The molecule has 0 amide bonds. The van der Waals surface area contributed by atoms with Gasteiger partial charge in [0, 0.05) is 19.6 Å². The molecule has 1 aromatic heterocycles.